The highest BCUT2D eigenvalue weighted by molar-refractivity contribution is 5.89. The van der Waals surface area contributed by atoms with Crippen LogP contribution < -0.4 is 5.32 Å². The van der Waals surface area contributed by atoms with Gasteiger partial charge in [-0.05, 0) is 41.5 Å². The zero-order valence-electron chi connectivity index (χ0n) is 18.1. The molecule has 1 aliphatic carbocycles. The molecule has 0 spiro atoms. The van der Waals surface area contributed by atoms with Crippen LogP contribution in [0.3, 0.4) is 0 Å². The second kappa shape index (κ2) is 8.73. The van der Waals surface area contributed by atoms with Crippen molar-refractivity contribution in [3.8, 4) is 11.1 Å². The number of carbonyl (C=O) groups excluding carboxylic acids is 2. The van der Waals surface area contributed by atoms with Gasteiger partial charge in [-0.3, -0.25) is 9.59 Å². The summed E-state index contributed by atoms with van der Waals surface area (Å²) in [6.45, 7) is 0.393. The molecule has 7 nitrogen and oxygen atoms in total. The number of hydrogen-bond acceptors (Lipinski definition) is 4. The number of fused-ring (bicyclic) bond motifs is 5. The van der Waals surface area contributed by atoms with Gasteiger partial charge in [0.1, 0.15) is 6.61 Å². The molecular weight excluding hydrogens is 420 g/mol. The normalized spacial score (nSPS) is 22.9. The third-order valence-corrected chi connectivity index (χ3v) is 7.08. The molecule has 2 saturated heterocycles. The maximum atomic E-state index is 12.6. The van der Waals surface area contributed by atoms with E-state index >= 15 is 0 Å². The molecule has 2 N–H and O–H groups in total. The number of benzene rings is 2. The molecule has 7 heteroatoms. The van der Waals surface area contributed by atoms with E-state index < -0.39 is 18.0 Å². The minimum atomic E-state index is -0.832. The first-order valence-electron chi connectivity index (χ1n) is 11.3. The number of carboxylic acids is 1. The first-order valence-corrected chi connectivity index (χ1v) is 11.3. The number of carbonyl (C=O) groups is 3. The fourth-order valence-corrected chi connectivity index (χ4v) is 5.64. The molecule has 2 aromatic carbocycles. The van der Waals surface area contributed by atoms with Gasteiger partial charge in [-0.25, -0.2) is 4.79 Å². The van der Waals surface area contributed by atoms with Gasteiger partial charge in [0.15, 0.2) is 0 Å². The standard InChI is InChI=1S/C26H26N2O5/c29-24(28-16-11-12-23(28)21(14-16)25(30)31)10-5-13-27-26(32)33-15-22-19-8-3-1-6-17(19)18-7-2-4-9-20(18)22/h1-10,16,21-23H,11-15H2,(H,27,32)(H,30,31)/b10-5+/t16-,21+,23+/m1/s1. The lowest BCUT2D eigenvalue weighted by molar-refractivity contribution is -0.143. The lowest BCUT2D eigenvalue weighted by Gasteiger charge is -2.21. The molecule has 3 atom stereocenters. The summed E-state index contributed by atoms with van der Waals surface area (Å²) in [7, 11) is 0. The quantitative estimate of drug-likeness (QED) is 0.662. The van der Waals surface area contributed by atoms with Crippen molar-refractivity contribution in [1.29, 1.82) is 0 Å². The molecule has 2 aromatic rings. The van der Waals surface area contributed by atoms with E-state index in [1.165, 1.54) is 17.2 Å². The lowest BCUT2D eigenvalue weighted by atomic mass is 9.89. The van der Waals surface area contributed by atoms with Gasteiger partial charge in [0.05, 0.1) is 5.92 Å². The van der Waals surface area contributed by atoms with Crippen LogP contribution in [0.4, 0.5) is 4.79 Å². The predicted molar refractivity (Wildman–Crippen MR) is 122 cm³/mol. The minimum absolute atomic E-state index is 0.00309. The molecule has 2 aliphatic heterocycles. The van der Waals surface area contributed by atoms with E-state index in [0.29, 0.717) is 6.42 Å². The molecule has 2 fully saturated rings. The van der Waals surface area contributed by atoms with Crippen molar-refractivity contribution in [3.63, 3.8) is 0 Å². The van der Waals surface area contributed by atoms with Crippen molar-refractivity contribution in [2.75, 3.05) is 13.2 Å². The smallest absolute Gasteiger partial charge is 0.407 e. The summed E-state index contributed by atoms with van der Waals surface area (Å²) in [5.74, 6) is -1.50. The van der Waals surface area contributed by atoms with Gasteiger partial charge < -0.3 is 20.1 Å². The second-order valence-electron chi connectivity index (χ2n) is 8.83. The molecule has 2 heterocycles. The fourth-order valence-electron chi connectivity index (χ4n) is 5.64. The SMILES string of the molecule is O=C(NC/C=C/C(=O)N1[C@@H]2CC[C@H]1[C@@H](C(=O)O)C2)OCC1c2ccccc2-c2ccccc21. The summed E-state index contributed by atoms with van der Waals surface area (Å²) >= 11 is 0. The third-order valence-electron chi connectivity index (χ3n) is 7.08. The zero-order chi connectivity index (χ0) is 22.9. The van der Waals surface area contributed by atoms with Gasteiger partial charge in [0.2, 0.25) is 5.91 Å². The summed E-state index contributed by atoms with van der Waals surface area (Å²) in [6.07, 6.45) is 4.57. The summed E-state index contributed by atoms with van der Waals surface area (Å²) in [5, 5.41) is 12.0. The fraction of sp³-hybridized carbons (Fsp3) is 0.346. The molecule has 0 saturated carbocycles. The molecule has 5 rings (SSSR count). The topological polar surface area (TPSA) is 95.9 Å². The molecule has 170 valence electrons. The van der Waals surface area contributed by atoms with Gasteiger partial charge >= 0.3 is 12.1 Å². The van der Waals surface area contributed by atoms with Crippen molar-refractivity contribution in [2.45, 2.75) is 37.3 Å². The molecule has 2 amide bonds. The van der Waals surface area contributed by atoms with Crippen molar-refractivity contribution >= 4 is 18.0 Å². The Kier molecular flexibility index (Phi) is 5.62. The van der Waals surface area contributed by atoms with E-state index in [9.17, 15) is 19.5 Å². The number of hydrogen-bond donors (Lipinski definition) is 2. The third kappa shape index (κ3) is 3.88. The van der Waals surface area contributed by atoms with Crippen LogP contribution in [0.2, 0.25) is 0 Å². The van der Waals surface area contributed by atoms with Crippen molar-refractivity contribution in [1.82, 2.24) is 10.2 Å². The Morgan fingerprint density at radius 2 is 1.70 bits per heavy atom. The summed E-state index contributed by atoms with van der Waals surface area (Å²) in [4.78, 5) is 37.9. The van der Waals surface area contributed by atoms with Crippen LogP contribution in [-0.2, 0) is 14.3 Å². The average molecular weight is 447 g/mol. The number of carboxylic acid groups (broad SMARTS) is 1. The average Bonchev–Trinajstić information content (AvgIpc) is 3.50. The number of nitrogens with one attached hydrogen (secondary N) is 1. The molecule has 3 aliphatic rings. The van der Waals surface area contributed by atoms with Crippen molar-refractivity contribution in [2.24, 2.45) is 5.92 Å². The van der Waals surface area contributed by atoms with Gasteiger partial charge in [0, 0.05) is 30.6 Å². The van der Waals surface area contributed by atoms with E-state index in [-0.39, 0.29) is 37.1 Å². The number of rotatable bonds is 6. The van der Waals surface area contributed by atoms with E-state index in [4.69, 9.17) is 4.74 Å². The first-order chi connectivity index (χ1) is 16.0. The number of alkyl carbamates (subject to hydrolysis) is 1. The summed E-state index contributed by atoms with van der Waals surface area (Å²) < 4.78 is 5.49. The maximum absolute atomic E-state index is 12.6. The van der Waals surface area contributed by atoms with Crippen molar-refractivity contribution < 1.29 is 24.2 Å². The Bertz CT molecular complexity index is 1080. The van der Waals surface area contributed by atoms with E-state index in [1.807, 2.05) is 24.3 Å². The molecule has 0 radical (unpaired) electrons. The van der Waals surface area contributed by atoms with Gasteiger partial charge in [0.25, 0.3) is 0 Å². The molecule has 0 aromatic heterocycles. The monoisotopic (exact) mass is 446 g/mol. The lowest BCUT2D eigenvalue weighted by Crippen LogP contribution is -2.37. The van der Waals surface area contributed by atoms with E-state index in [2.05, 4.69) is 29.6 Å². The van der Waals surface area contributed by atoms with Crippen LogP contribution in [-0.4, -0.2) is 53.2 Å². The highest BCUT2D eigenvalue weighted by atomic mass is 16.5. The van der Waals surface area contributed by atoms with E-state index in [0.717, 1.165) is 24.0 Å². The Balaban J connectivity index is 1.12. The number of nitrogens with zero attached hydrogens (tertiary/aromatic N) is 1. The molecular formula is C26H26N2O5. The summed E-state index contributed by atoms with van der Waals surface area (Å²) in [6, 6.07) is 16.1. The van der Waals surface area contributed by atoms with Gasteiger partial charge in [-0.2, -0.15) is 0 Å². The van der Waals surface area contributed by atoms with Crippen LogP contribution in [0.1, 0.15) is 36.3 Å². The van der Waals surface area contributed by atoms with Crippen molar-refractivity contribution in [3.05, 3.63) is 71.8 Å². The van der Waals surface area contributed by atoms with Crippen LogP contribution in [0.15, 0.2) is 60.7 Å². The van der Waals surface area contributed by atoms with Gasteiger partial charge in [-0.1, -0.05) is 54.6 Å². The van der Waals surface area contributed by atoms with Crippen LogP contribution >= 0.6 is 0 Å². The number of amides is 2. The highest BCUT2D eigenvalue weighted by Gasteiger charge is 2.50. The first kappa shape index (κ1) is 21.2. The van der Waals surface area contributed by atoms with Crippen LogP contribution in [0.5, 0.6) is 0 Å². The molecule has 2 bridgehead atoms. The van der Waals surface area contributed by atoms with Crippen LogP contribution in [0.25, 0.3) is 11.1 Å². The van der Waals surface area contributed by atoms with Crippen LogP contribution in [0, 0.1) is 5.92 Å². The Morgan fingerprint density at radius 3 is 2.33 bits per heavy atom. The largest absolute Gasteiger partial charge is 0.481 e. The predicted octanol–water partition coefficient (Wildman–Crippen LogP) is 3.55. The second-order valence-corrected chi connectivity index (χ2v) is 8.83. The summed E-state index contributed by atoms with van der Waals surface area (Å²) in [5.41, 5.74) is 4.64. The maximum Gasteiger partial charge on any atom is 0.407 e. The van der Waals surface area contributed by atoms with Gasteiger partial charge in [-0.15, -0.1) is 0 Å². The molecule has 0 unspecified atom stereocenters. The highest BCUT2D eigenvalue weighted by Crippen LogP contribution is 2.44. The Labute approximate surface area is 192 Å². The molecule has 33 heavy (non-hydrogen) atoms. The number of ether oxygens (including phenoxy) is 1. The van der Waals surface area contributed by atoms with E-state index in [1.54, 1.807) is 11.0 Å². The number of aliphatic carboxylic acids is 1. The Morgan fingerprint density at radius 1 is 1.03 bits per heavy atom. The Hall–Kier alpha value is -3.61. The zero-order valence-corrected chi connectivity index (χ0v) is 18.1. The minimum Gasteiger partial charge on any atom is -0.481 e.